The fourth-order valence-corrected chi connectivity index (χ4v) is 3.65. The topological polar surface area (TPSA) is 21.3 Å². The van der Waals surface area contributed by atoms with Crippen molar-refractivity contribution in [2.45, 2.75) is 32.2 Å². The van der Waals surface area contributed by atoms with Crippen molar-refractivity contribution in [1.29, 1.82) is 0 Å². The molecular weight excluding hydrogens is 258 g/mol. The molecule has 2 unspecified atom stereocenters. The summed E-state index contributed by atoms with van der Waals surface area (Å²) in [5.41, 5.74) is 6.79. The second kappa shape index (κ2) is 5.53. The predicted octanol–water partition coefficient (Wildman–Crippen LogP) is 3.91. The van der Waals surface area contributed by atoms with Crippen LogP contribution in [0.2, 0.25) is 0 Å². The fraction of sp³-hybridized carbons (Fsp3) is 0.368. The molecular formula is C19H23NO. The van der Waals surface area contributed by atoms with Crippen molar-refractivity contribution in [2.75, 3.05) is 14.2 Å². The molecule has 3 rings (SSSR count). The van der Waals surface area contributed by atoms with E-state index < -0.39 is 0 Å². The molecule has 21 heavy (non-hydrogen) atoms. The third kappa shape index (κ3) is 2.34. The van der Waals surface area contributed by atoms with Gasteiger partial charge in [0.2, 0.25) is 0 Å². The minimum atomic E-state index is 0.301. The largest absolute Gasteiger partial charge is 0.496 e. The van der Waals surface area contributed by atoms with Crippen molar-refractivity contribution in [3.63, 3.8) is 0 Å². The zero-order valence-corrected chi connectivity index (χ0v) is 13.2. The highest BCUT2D eigenvalue weighted by molar-refractivity contribution is 5.50. The first-order valence-corrected chi connectivity index (χ1v) is 7.56. The molecule has 0 amide bonds. The zero-order chi connectivity index (χ0) is 15.0. The number of benzene rings is 2. The smallest absolute Gasteiger partial charge is 0.124 e. The Balaban J connectivity index is 2.03. The van der Waals surface area contributed by atoms with Crippen LogP contribution in [0.25, 0.3) is 0 Å². The third-order valence-electron chi connectivity index (χ3n) is 4.63. The molecule has 0 saturated heterocycles. The standard InChI is InChI=1S/C19H23NO/c1-12-9-13(2)18(17(10-12)21-4)19(20-3)16-11-14-7-5-6-8-15(14)16/h5-10,16,19-20H,11H2,1-4H3. The van der Waals surface area contributed by atoms with E-state index in [2.05, 4.69) is 55.6 Å². The summed E-state index contributed by atoms with van der Waals surface area (Å²) < 4.78 is 5.66. The summed E-state index contributed by atoms with van der Waals surface area (Å²) in [5.74, 6) is 1.53. The molecule has 0 saturated carbocycles. The molecule has 0 spiro atoms. The number of hydrogen-bond donors (Lipinski definition) is 1. The highest BCUT2D eigenvalue weighted by Gasteiger charge is 2.34. The molecule has 0 radical (unpaired) electrons. The van der Waals surface area contributed by atoms with E-state index >= 15 is 0 Å². The van der Waals surface area contributed by atoms with Crippen LogP contribution in [0.15, 0.2) is 36.4 Å². The van der Waals surface area contributed by atoms with Gasteiger partial charge in [0.1, 0.15) is 5.75 Å². The summed E-state index contributed by atoms with van der Waals surface area (Å²) >= 11 is 0. The lowest BCUT2D eigenvalue weighted by Gasteiger charge is -2.38. The molecule has 1 N–H and O–H groups in total. The van der Waals surface area contributed by atoms with Crippen LogP contribution < -0.4 is 10.1 Å². The molecule has 2 aromatic carbocycles. The first kappa shape index (κ1) is 14.2. The van der Waals surface area contributed by atoms with Crippen LogP contribution in [0.3, 0.4) is 0 Å². The van der Waals surface area contributed by atoms with Crippen molar-refractivity contribution in [3.05, 3.63) is 64.2 Å². The quantitative estimate of drug-likeness (QED) is 0.917. The number of fused-ring (bicyclic) bond motifs is 1. The molecule has 2 atom stereocenters. The maximum Gasteiger partial charge on any atom is 0.124 e. The Hall–Kier alpha value is -1.80. The second-order valence-corrected chi connectivity index (χ2v) is 5.97. The minimum Gasteiger partial charge on any atom is -0.496 e. The van der Waals surface area contributed by atoms with Crippen molar-refractivity contribution in [3.8, 4) is 5.75 Å². The van der Waals surface area contributed by atoms with E-state index in [1.807, 2.05) is 7.05 Å². The van der Waals surface area contributed by atoms with Gasteiger partial charge in [-0.15, -0.1) is 0 Å². The van der Waals surface area contributed by atoms with Crippen molar-refractivity contribution < 1.29 is 4.74 Å². The third-order valence-corrected chi connectivity index (χ3v) is 4.63. The zero-order valence-electron chi connectivity index (χ0n) is 13.2. The SMILES string of the molecule is CNC(c1c(C)cc(C)cc1OC)C1Cc2ccccc21. The van der Waals surface area contributed by atoms with Crippen LogP contribution >= 0.6 is 0 Å². The van der Waals surface area contributed by atoms with Crippen LogP contribution in [0.5, 0.6) is 5.75 Å². The molecule has 0 aromatic heterocycles. The molecule has 0 heterocycles. The molecule has 1 aliphatic rings. The molecule has 110 valence electrons. The number of rotatable bonds is 4. The molecule has 2 aromatic rings. The normalized spacial score (nSPS) is 17.8. The summed E-state index contributed by atoms with van der Waals surface area (Å²) in [7, 11) is 3.81. The summed E-state index contributed by atoms with van der Waals surface area (Å²) in [4.78, 5) is 0. The number of aryl methyl sites for hydroxylation is 2. The summed E-state index contributed by atoms with van der Waals surface area (Å²) in [6.45, 7) is 4.30. The lowest BCUT2D eigenvalue weighted by atomic mass is 9.71. The second-order valence-electron chi connectivity index (χ2n) is 5.97. The summed E-state index contributed by atoms with van der Waals surface area (Å²) in [6.07, 6.45) is 1.14. The van der Waals surface area contributed by atoms with Crippen molar-refractivity contribution in [2.24, 2.45) is 0 Å². The van der Waals surface area contributed by atoms with E-state index in [4.69, 9.17) is 4.74 Å². The summed E-state index contributed by atoms with van der Waals surface area (Å²) in [6, 6.07) is 13.4. The van der Waals surface area contributed by atoms with Crippen LogP contribution in [-0.4, -0.2) is 14.2 Å². The van der Waals surface area contributed by atoms with Gasteiger partial charge in [-0.1, -0.05) is 30.3 Å². The van der Waals surface area contributed by atoms with E-state index in [0.29, 0.717) is 12.0 Å². The Kier molecular flexibility index (Phi) is 3.73. The molecule has 0 bridgehead atoms. The van der Waals surface area contributed by atoms with Gasteiger partial charge in [-0.2, -0.15) is 0 Å². The van der Waals surface area contributed by atoms with Gasteiger partial charge < -0.3 is 10.1 Å². The Morgan fingerprint density at radius 3 is 2.62 bits per heavy atom. The monoisotopic (exact) mass is 281 g/mol. The highest BCUT2D eigenvalue weighted by Crippen LogP contribution is 2.46. The van der Waals surface area contributed by atoms with E-state index in [0.717, 1.165) is 12.2 Å². The van der Waals surface area contributed by atoms with Gasteiger partial charge in [0.25, 0.3) is 0 Å². The van der Waals surface area contributed by atoms with Crippen LogP contribution in [0, 0.1) is 13.8 Å². The first-order chi connectivity index (χ1) is 10.2. The molecule has 1 aliphatic carbocycles. The van der Waals surface area contributed by atoms with Crippen LogP contribution in [0.1, 0.15) is 39.8 Å². The number of ether oxygens (including phenoxy) is 1. The van der Waals surface area contributed by atoms with Gasteiger partial charge in [-0.05, 0) is 55.6 Å². The number of methoxy groups -OCH3 is 1. The summed E-state index contributed by atoms with van der Waals surface area (Å²) in [5, 5.41) is 3.52. The lowest BCUT2D eigenvalue weighted by Crippen LogP contribution is -2.32. The van der Waals surface area contributed by atoms with Gasteiger partial charge in [-0.25, -0.2) is 0 Å². The minimum absolute atomic E-state index is 0.301. The van der Waals surface area contributed by atoms with Crippen molar-refractivity contribution in [1.82, 2.24) is 5.32 Å². The maximum absolute atomic E-state index is 5.66. The number of nitrogens with one attached hydrogen (secondary N) is 1. The van der Waals surface area contributed by atoms with Crippen LogP contribution in [-0.2, 0) is 6.42 Å². The average Bonchev–Trinajstić information content (AvgIpc) is 2.45. The predicted molar refractivity (Wildman–Crippen MR) is 87.2 cm³/mol. The Bertz CT molecular complexity index is 663. The van der Waals surface area contributed by atoms with Gasteiger partial charge >= 0.3 is 0 Å². The molecule has 2 heteroatoms. The maximum atomic E-state index is 5.66. The first-order valence-electron chi connectivity index (χ1n) is 7.56. The van der Waals surface area contributed by atoms with Gasteiger partial charge in [0, 0.05) is 17.5 Å². The molecule has 0 fully saturated rings. The Morgan fingerprint density at radius 2 is 1.95 bits per heavy atom. The van der Waals surface area contributed by atoms with E-state index in [9.17, 15) is 0 Å². The van der Waals surface area contributed by atoms with Gasteiger partial charge in [0.05, 0.1) is 7.11 Å². The number of likely N-dealkylation sites (N-methyl/N-ethyl adjacent to an activating group) is 1. The van der Waals surface area contributed by atoms with Crippen molar-refractivity contribution >= 4 is 0 Å². The van der Waals surface area contributed by atoms with E-state index in [1.54, 1.807) is 7.11 Å². The van der Waals surface area contributed by atoms with E-state index in [1.165, 1.54) is 27.8 Å². The fourth-order valence-electron chi connectivity index (χ4n) is 3.65. The molecule has 0 aliphatic heterocycles. The average molecular weight is 281 g/mol. The Labute approximate surface area is 127 Å². The van der Waals surface area contributed by atoms with Crippen LogP contribution in [0.4, 0.5) is 0 Å². The van der Waals surface area contributed by atoms with Gasteiger partial charge in [-0.3, -0.25) is 0 Å². The van der Waals surface area contributed by atoms with Gasteiger partial charge in [0.15, 0.2) is 0 Å². The number of hydrogen-bond acceptors (Lipinski definition) is 2. The highest BCUT2D eigenvalue weighted by atomic mass is 16.5. The molecule has 2 nitrogen and oxygen atoms in total. The van der Waals surface area contributed by atoms with E-state index in [-0.39, 0.29) is 0 Å². The lowest BCUT2D eigenvalue weighted by molar-refractivity contribution is 0.380. The Morgan fingerprint density at radius 1 is 1.19 bits per heavy atom.